The number of hydrogen-bond acceptors (Lipinski definition) is 12. The molecule has 8 aromatic rings. The third-order valence-electron chi connectivity index (χ3n) is 11.4. The van der Waals surface area contributed by atoms with Gasteiger partial charge in [-0.1, -0.05) is 76.2 Å². The monoisotopic (exact) mass is 876 g/mol. The van der Waals surface area contributed by atoms with Crippen LogP contribution in [0.3, 0.4) is 0 Å². The third-order valence-corrected chi connectivity index (χ3v) is 11.4. The van der Waals surface area contributed by atoms with Crippen LogP contribution in [-0.2, 0) is 0 Å². The van der Waals surface area contributed by atoms with Gasteiger partial charge in [0.25, 0.3) is 0 Å². The van der Waals surface area contributed by atoms with E-state index in [1.807, 2.05) is 100 Å². The van der Waals surface area contributed by atoms with E-state index in [2.05, 4.69) is 30.4 Å². The molecular formula is C54H48N6O6. The number of azo groups is 2. The molecule has 12 nitrogen and oxygen atoms in total. The van der Waals surface area contributed by atoms with Gasteiger partial charge < -0.3 is 30.6 Å². The van der Waals surface area contributed by atoms with Crippen molar-refractivity contribution in [2.75, 3.05) is 0 Å². The predicted octanol–water partition coefficient (Wildman–Crippen LogP) is 15.1. The lowest BCUT2D eigenvalue weighted by Gasteiger charge is -2.23. The molecule has 0 aromatic heterocycles. The number of phenols is 6. The third kappa shape index (κ3) is 8.51. The summed E-state index contributed by atoms with van der Waals surface area (Å²) >= 11 is 0. The second-order valence-electron chi connectivity index (χ2n) is 16.7. The van der Waals surface area contributed by atoms with Gasteiger partial charge in [-0.3, -0.25) is 9.98 Å². The lowest BCUT2D eigenvalue weighted by Crippen LogP contribution is -2.01. The normalized spacial score (nSPS) is 12.2. The number of aliphatic imine (C=N–C) groups is 2. The van der Waals surface area contributed by atoms with Crippen LogP contribution in [0, 0.1) is 13.8 Å². The van der Waals surface area contributed by atoms with Crippen molar-refractivity contribution in [1.29, 1.82) is 0 Å². The Kier molecular flexibility index (Phi) is 12.3. The number of rotatable bonds is 11. The second-order valence-corrected chi connectivity index (χ2v) is 16.7. The molecule has 0 heterocycles. The van der Waals surface area contributed by atoms with Crippen molar-refractivity contribution in [2.45, 2.75) is 53.4 Å². The SMILES string of the molecule is Cc1cc2c(C(C)C)c(O)c(O)c(C=Nc3ccc(N=Nc4ccccc4)cc3)c2c(O)c1-c1c(C)cc2c(C(C)C)c(O)c(O)c(C=Nc3ccc(N=Nc4ccccc4)cc3)c2c1O. The van der Waals surface area contributed by atoms with Crippen LogP contribution in [-0.4, -0.2) is 43.1 Å². The number of phenolic OH excluding ortho intramolecular Hbond substituents is 6. The van der Waals surface area contributed by atoms with Crippen molar-refractivity contribution in [1.82, 2.24) is 0 Å². The molecule has 0 radical (unpaired) electrons. The van der Waals surface area contributed by atoms with E-state index in [-0.39, 0.29) is 67.9 Å². The van der Waals surface area contributed by atoms with Crippen LogP contribution in [0.15, 0.2) is 152 Å². The van der Waals surface area contributed by atoms with E-state index < -0.39 is 11.5 Å². The average molecular weight is 877 g/mol. The smallest absolute Gasteiger partial charge is 0.167 e. The molecule has 0 saturated heterocycles. The molecule has 330 valence electrons. The Morgan fingerprint density at radius 1 is 0.379 bits per heavy atom. The molecule has 0 aliphatic heterocycles. The molecule has 0 fully saturated rings. The second kappa shape index (κ2) is 18.4. The van der Waals surface area contributed by atoms with Gasteiger partial charge >= 0.3 is 0 Å². The first kappa shape index (κ1) is 44.2. The van der Waals surface area contributed by atoms with E-state index >= 15 is 0 Å². The zero-order chi connectivity index (χ0) is 46.8. The van der Waals surface area contributed by atoms with Gasteiger partial charge in [0.1, 0.15) is 11.5 Å². The number of aromatic hydroxyl groups is 6. The van der Waals surface area contributed by atoms with Gasteiger partial charge in [0.15, 0.2) is 23.0 Å². The minimum absolute atomic E-state index is 0.0569. The number of benzene rings is 8. The molecule has 0 unspecified atom stereocenters. The molecule has 8 aromatic carbocycles. The van der Waals surface area contributed by atoms with Gasteiger partial charge in [-0.25, -0.2) is 0 Å². The van der Waals surface area contributed by atoms with E-state index in [1.54, 1.807) is 62.4 Å². The van der Waals surface area contributed by atoms with Crippen molar-refractivity contribution in [3.05, 3.63) is 155 Å². The van der Waals surface area contributed by atoms with Crippen LogP contribution in [0.25, 0.3) is 32.7 Å². The zero-order valence-corrected chi connectivity index (χ0v) is 37.2. The summed E-state index contributed by atoms with van der Waals surface area (Å²) in [6.45, 7) is 11.1. The van der Waals surface area contributed by atoms with Gasteiger partial charge in [-0.2, -0.15) is 20.5 Å². The summed E-state index contributed by atoms with van der Waals surface area (Å²) < 4.78 is 0. The summed E-state index contributed by atoms with van der Waals surface area (Å²) in [6.07, 6.45) is 2.77. The number of aryl methyl sites for hydroxylation is 2. The maximum atomic E-state index is 12.6. The van der Waals surface area contributed by atoms with Gasteiger partial charge in [0, 0.05) is 45.5 Å². The van der Waals surface area contributed by atoms with Crippen LogP contribution >= 0.6 is 0 Å². The van der Waals surface area contributed by atoms with Crippen molar-refractivity contribution >= 4 is 68.1 Å². The predicted molar refractivity (Wildman–Crippen MR) is 263 cm³/mol. The van der Waals surface area contributed by atoms with Crippen LogP contribution < -0.4 is 0 Å². The van der Waals surface area contributed by atoms with Crippen molar-refractivity contribution in [3.63, 3.8) is 0 Å². The van der Waals surface area contributed by atoms with E-state index in [4.69, 9.17) is 0 Å². The fourth-order valence-electron chi connectivity index (χ4n) is 8.33. The lowest BCUT2D eigenvalue weighted by atomic mass is 9.83. The lowest BCUT2D eigenvalue weighted by molar-refractivity contribution is 0.398. The van der Waals surface area contributed by atoms with Gasteiger partial charge in [-0.05, 0) is 120 Å². The number of hydrogen-bond donors (Lipinski definition) is 6. The standard InChI is InChI=1S/C54H48N6O6/c1-29(2)43-39-25-31(5)45(51(63)47(39)41(49(61)53(43)65)27-55-33-17-21-37(22-18-33)59-57-35-13-9-7-10-14-35)46-32(6)26-40-44(30(3)4)54(66)50(62)42(48(40)52(46)64)28-56-34-19-23-38(24-20-34)60-58-36-15-11-8-12-16-36/h7-30,61-66H,1-6H3. The molecule has 0 aliphatic carbocycles. The molecule has 66 heavy (non-hydrogen) atoms. The maximum Gasteiger partial charge on any atom is 0.167 e. The summed E-state index contributed by atoms with van der Waals surface area (Å²) in [5.41, 5.74) is 6.21. The van der Waals surface area contributed by atoms with Crippen molar-refractivity contribution in [3.8, 4) is 45.6 Å². The molecule has 6 N–H and O–H groups in total. The average Bonchev–Trinajstić information content (AvgIpc) is 3.30. The Morgan fingerprint density at radius 2 is 0.682 bits per heavy atom. The van der Waals surface area contributed by atoms with Crippen LogP contribution in [0.5, 0.6) is 34.5 Å². The Morgan fingerprint density at radius 3 is 1.00 bits per heavy atom. The molecular weight excluding hydrogens is 829 g/mol. The fraction of sp³-hybridized carbons (Fsp3) is 0.148. The fourth-order valence-corrected chi connectivity index (χ4v) is 8.33. The zero-order valence-electron chi connectivity index (χ0n) is 37.2. The Labute approximate surface area is 381 Å². The minimum atomic E-state index is -0.472. The number of fused-ring (bicyclic) bond motifs is 2. The highest BCUT2D eigenvalue weighted by atomic mass is 16.3. The first-order chi connectivity index (χ1) is 31.7. The molecule has 0 amide bonds. The van der Waals surface area contributed by atoms with Crippen LogP contribution in [0.1, 0.15) is 72.9 Å². The Hall–Kier alpha value is -8.38. The van der Waals surface area contributed by atoms with E-state index in [0.717, 1.165) is 0 Å². The minimum Gasteiger partial charge on any atom is -0.507 e. The summed E-state index contributed by atoms with van der Waals surface area (Å²) in [5, 5.41) is 89.8. The molecule has 0 bridgehead atoms. The summed E-state index contributed by atoms with van der Waals surface area (Å²) in [7, 11) is 0. The molecule has 0 spiro atoms. The van der Waals surface area contributed by atoms with E-state index in [0.29, 0.717) is 67.2 Å². The Balaban J connectivity index is 1.27. The van der Waals surface area contributed by atoms with Gasteiger partial charge in [0.2, 0.25) is 0 Å². The van der Waals surface area contributed by atoms with Crippen molar-refractivity contribution in [2.24, 2.45) is 30.4 Å². The van der Waals surface area contributed by atoms with Crippen molar-refractivity contribution < 1.29 is 30.6 Å². The Bertz CT molecular complexity index is 3030. The number of nitrogens with zero attached hydrogens (tertiary/aromatic N) is 6. The summed E-state index contributed by atoms with van der Waals surface area (Å²) in [5.74, 6) is -2.71. The van der Waals surface area contributed by atoms with Gasteiger partial charge in [-0.15, -0.1) is 0 Å². The topological polar surface area (TPSA) is 196 Å². The van der Waals surface area contributed by atoms with E-state index in [1.165, 1.54) is 12.4 Å². The quantitative estimate of drug-likeness (QED) is 0.0425. The van der Waals surface area contributed by atoms with Crippen LogP contribution in [0.2, 0.25) is 0 Å². The van der Waals surface area contributed by atoms with E-state index in [9.17, 15) is 30.6 Å². The first-order valence-electron chi connectivity index (χ1n) is 21.4. The summed E-state index contributed by atoms with van der Waals surface area (Å²) in [4.78, 5) is 9.25. The highest BCUT2D eigenvalue weighted by Gasteiger charge is 2.29. The molecule has 0 atom stereocenters. The van der Waals surface area contributed by atoms with Crippen LogP contribution in [0.4, 0.5) is 34.1 Å². The largest absolute Gasteiger partial charge is 0.507 e. The highest BCUT2D eigenvalue weighted by Crippen LogP contribution is 2.54. The molecule has 8 rings (SSSR count). The highest BCUT2D eigenvalue weighted by molar-refractivity contribution is 6.15. The first-order valence-corrected chi connectivity index (χ1v) is 21.4. The van der Waals surface area contributed by atoms with Gasteiger partial charge in [0.05, 0.1) is 45.3 Å². The maximum absolute atomic E-state index is 12.6. The summed E-state index contributed by atoms with van der Waals surface area (Å²) in [6, 6.07) is 36.3. The molecule has 12 heteroatoms. The molecule has 0 saturated carbocycles. The molecule has 0 aliphatic rings.